The first-order valence-electron chi connectivity index (χ1n) is 3.41. The molecule has 14 heavy (non-hydrogen) atoms. The summed E-state index contributed by atoms with van der Waals surface area (Å²) < 4.78 is 59.7. The van der Waals surface area contributed by atoms with E-state index in [1.165, 1.54) is 0 Å². The number of alkyl halides is 5. The Kier molecular flexibility index (Phi) is 3.81. The number of aliphatic carboxylic acids is 1. The lowest BCUT2D eigenvalue weighted by molar-refractivity contribution is -0.175. The molecule has 3 nitrogen and oxygen atoms in total. The summed E-state index contributed by atoms with van der Waals surface area (Å²) in [6.07, 6.45) is -4.62. The highest BCUT2D eigenvalue weighted by Crippen LogP contribution is 2.19. The Bertz CT molecular complexity index is 215. The van der Waals surface area contributed by atoms with Gasteiger partial charge in [-0.2, -0.15) is 22.0 Å². The van der Waals surface area contributed by atoms with E-state index < -0.39 is 31.2 Å². The van der Waals surface area contributed by atoms with Crippen molar-refractivity contribution in [1.29, 1.82) is 0 Å². The van der Waals surface area contributed by atoms with Crippen LogP contribution in [0.2, 0.25) is 0 Å². The molecule has 0 aromatic heterocycles. The molecule has 84 valence electrons. The predicted molar refractivity (Wildman–Crippen MR) is 36.1 cm³/mol. The second kappa shape index (κ2) is 4.07. The molecule has 0 bridgehead atoms. The maximum atomic E-state index is 12.4. The summed E-state index contributed by atoms with van der Waals surface area (Å²) in [5.41, 5.74) is 0. The van der Waals surface area contributed by atoms with Gasteiger partial charge in [-0.25, -0.2) is 4.79 Å². The summed E-state index contributed by atoms with van der Waals surface area (Å²) in [6.45, 7) is -3.04. The summed E-state index contributed by atoms with van der Waals surface area (Å²) in [5, 5.41) is 7.93. The number of carbonyl (C=O) groups is 1. The second-order valence-corrected chi connectivity index (χ2v) is 2.80. The Balaban J connectivity index is 4.19. The average molecular weight is 221 g/mol. The van der Waals surface area contributed by atoms with Gasteiger partial charge in [0.2, 0.25) is 0 Å². The SMILES string of the molecule is CN(CC(F)(F)F)CC(F)(F)C(=O)O. The minimum absolute atomic E-state index is 0.202. The van der Waals surface area contributed by atoms with E-state index in [1.54, 1.807) is 0 Å². The summed E-state index contributed by atoms with van der Waals surface area (Å²) >= 11 is 0. The summed E-state index contributed by atoms with van der Waals surface area (Å²) in [7, 11) is 0.768. The molecule has 0 rings (SSSR count). The van der Waals surface area contributed by atoms with Gasteiger partial charge in [-0.05, 0) is 7.05 Å². The fraction of sp³-hybridized carbons (Fsp3) is 0.833. The number of hydrogen-bond acceptors (Lipinski definition) is 2. The Morgan fingerprint density at radius 3 is 1.93 bits per heavy atom. The molecule has 0 aromatic rings. The lowest BCUT2D eigenvalue weighted by Gasteiger charge is -2.21. The molecule has 0 aliphatic heterocycles. The minimum atomic E-state index is -4.62. The highest BCUT2D eigenvalue weighted by atomic mass is 19.4. The topological polar surface area (TPSA) is 40.5 Å². The van der Waals surface area contributed by atoms with Crippen molar-refractivity contribution in [3.05, 3.63) is 0 Å². The van der Waals surface area contributed by atoms with Crippen molar-refractivity contribution < 1.29 is 31.9 Å². The van der Waals surface area contributed by atoms with E-state index in [4.69, 9.17) is 5.11 Å². The molecule has 0 saturated heterocycles. The highest BCUT2D eigenvalue weighted by Gasteiger charge is 2.42. The van der Waals surface area contributed by atoms with Crippen molar-refractivity contribution in [2.75, 3.05) is 20.1 Å². The first-order chi connectivity index (χ1) is 6.04. The van der Waals surface area contributed by atoms with Crippen LogP contribution in [0.5, 0.6) is 0 Å². The number of rotatable bonds is 4. The Hall–Kier alpha value is -0.920. The highest BCUT2D eigenvalue weighted by molar-refractivity contribution is 5.75. The number of halogens is 5. The third-order valence-electron chi connectivity index (χ3n) is 1.23. The number of hydrogen-bond donors (Lipinski definition) is 1. The Morgan fingerprint density at radius 2 is 1.64 bits per heavy atom. The van der Waals surface area contributed by atoms with Crippen molar-refractivity contribution in [2.45, 2.75) is 12.1 Å². The van der Waals surface area contributed by atoms with Gasteiger partial charge in [0.05, 0.1) is 13.1 Å². The van der Waals surface area contributed by atoms with Gasteiger partial charge >= 0.3 is 18.1 Å². The van der Waals surface area contributed by atoms with Crippen LogP contribution in [0.15, 0.2) is 0 Å². The van der Waals surface area contributed by atoms with E-state index in [-0.39, 0.29) is 4.90 Å². The molecule has 0 amide bonds. The van der Waals surface area contributed by atoms with Gasteiger partial charge in [0.1, 0.15) is 0 Å². The van der Waals surface area contributed by atoms with Crippen LogP contribution in [0.25, 0.3) is 0 Å². The van der Waals surface area contributed by atoms with E-state index in [9.17, 15) is 26.7 Å². The van der Waals surface area contributed by atoms with Gasteiger partial charge in [-0.15, -0.1) is 0 Å². The monoisotopic (exact) mass is 221 g/mol. The van der Waals surface area contributed by atoms with E-state index in [0.717, 1.165) is 7.05 Å². The zero-order valence-electron chi connectivity index (χ0n) is 7.11. The van der Waals surface area contributed by atoms with Crippen LogP contribution in [0.3, 0.4) is 0 Å². The first-order valence-corrected chi connectivity index (χ1v) is 3.41. The zero-order valence-corrected chi connectivity index (χ0v) is 7.11. The van der Waals surface area contributed by atoms with E-state index in [0.29, 0.717) is 0 Å². The molecule has 0 aliphatic carbocycles. The molecular formula is C6H8F5NO2. The van der Waals surface area contributed by atoms with Crippen LogP contribution < -0.4 is 0 Å². The second-order valence-electron chi connectivity index (χ2n) is 2.80. The Morgan fingerprint density at radius 1 is 1.21 bits per heavy atom. The third-order valence-corrected chi connectivity index (χ3v) is 1.23. The third kappa shape index (κ3) is 4.95. The van der Waals surface area contributed by atoms with E-state index >= 15 is 0 Å². The molecule has 0 fully saturated rings. The molecule has 0 spiro atoms. The molecule has 8 heteroatoms. The molecule has 0 aromatic carbocycles. The molecule has 0 aliphatic rings. The zero-order chi connectivity index (χ0) is 11.6. The largest absolute Gasteiger partial charge is 0.477 e. The molecular weight excluding hydrogens is 213 g/mol. The quantitative estimate of drug-likeness (QED) is 0.725. The molecule has 1 N–H and O–H groups in total. The summed E-state index contributed by atoms with van der Waals surface area (Å²) in [4.78, 5) is 10.1. The maximum Gasteiger partial charge on any atom is 0.401 e. The molecule has 0 unspecified atom stereocenters. The normalized spacial score (nSPS) is 13.4. The Labute approximate surface area is 76.1 Å². The van der Waals surface area contributed by atoms with E-state index in [1.807, 2.05) is 0 Å². The van der Waals surface area contributed by atoms with E-state index in [2.05, 4.69) is 0 Å². The van der Waals surface area contributed by atoms with Crippen LogP contribution in [-0.4, -0.2) is 48.2 Å². The van der Waals surface area contributed by atoms with Crippen molar-refractivity contribution in [2.24, 2.45) is 0 Å². The van der Waals surface area contributed by atoms with Crippen LogP contribution in [0.1, 0.15) is 0 Å². The molecule has 0 atom stereocenters. The number of carboxylic acids is 1. The fourth-order valence-corrected chi connectivity index (χ4v) is 0.769. The van der Waals surface area contributed by atoms with Crippen LogP contribution in [0.4, 0.5) is 22.0 Å². The van der Waals surface area contributed by atoms with Gasteiger partial charge in [0.25, 0.3) is 0 Å². The van der Waals surface area contributed by atoms with Gasteiger partial charge < -0.3 is 5.11 Å². The minimum Gasteiger partial charge on any atom is -0.477 e. The summed E-state index contributed by atoms with van der Waals surface area (Å²) in [5.74, 6) is -6.61. The van der Waals surface area contributed by atoms with Crippen molar-refractivity contribution in [3.63, 3.8) is 0 Å². The number of nitrogens with zero attached hydrogens (tertiary/aromatic N) is 1. The van der Waals surface area contributed by atoms with Crippen molar-refractivity contribution >= 4 is 5.97 Å². The summed E-state index contributed by atoms with van der Waals surface area (Å²) in [6, 6.07) is 0. The molecule has 0 saturated carbocycles. The lowest BCUT2D eigenvalue weighted by Crippen LogP contribution is -2.43. The predicted octanol–water partition coefficient (Wildman–Crippen LogP) is 1.20. The van der Waals surface area contributed by atoms with Crippen molar-refractivity contribution in [1.82, 2.24) is 4.90 Å². The van der Waals surface area contributed by atoms with Crippen molar-refractivity contribution in [3.8, 4) is 0 Å². The lowest BCUT2D eigenvalue weighted by atomic mass is 10.3. The van der Waals surface area contributed by atoms with Crippen LogP contribution in [-0.2, 0) is 4.79 Å². The fourth-order valence-electron chi connectivity index (χ4n) is 0.769. The van der Waals surface area contributed by atoms with Gasteiger partial charge in [0.15, 0.2) is 0 Å². The molecule has 0 radical (unpaired) electrons. The standard InChI is InChI=1S/C6H8F5NO2/c1-12(3-6(9,10)11)2-5(7,8)4(13)14/h2-3H2,1H3,(H,13,14). The first kappa shape index (κ1) is 13.1. The van der Waals surface area contributed by atoms with Gasteiger partial charge in [-0.1, -0.05) is 0 Å². The smallest absolute Gasteiger partial charge is 0.401 e. The van der Waals surface area contributed by atoms with Crippen LogP contribution in [0, 0.1) is 0 Å². The average Bonchev–Trinajstić information content (AvgIpc) is 1.79. The van der Waals surface area contributed by atoms with Crippen LogP contribution >= 0.6 is 0 Å². The van der Waals surface area contributed by atoms with Gasteiger partial charge in [-0.3, -0.25) is 4.90 Å². The number of carboxylic acid groups (broad SMARTS) is 1. The molecule has 0 heterocycles. The van der Waals surface area contributed by atoms with Gasteiger partial charge in [0, 0.05) is 0 Å². The maximum absolute atomic E-state index is 12.4.